The van der Waals surface area contributed by atoms with Crippen molar-refractivity contribution >= 4 is 57.0 Å². The Morgan fingerprint density at radius 2 is 1.56 bits per heavy atom. The number of nitrogens with two attached hydrogens (primary N) is 1. The minimum Gasteiger partial charge on any atom is -0.410 e. The second-order valence-corrected chi connectivity index (χ2v) is 23.3. The summed E-state index contributed by atoms with van der Waals surface area (Å²) in [5.74, 6) is 0.242. The zero-order valence-electron chi connectivity index (χ0n) is 22.0. The van der Waals surface area contributed by atoms with Gasteiger partial charge in [0.25, 0.3) is 0 Å². The molecule has 1 saturated heterocycles. The van der Waals surface area contributed by atoms with Gasteiger partial charge in [-0.05, 0) is 47.9 Å². The lowest BCUT2D eigenvalue weighted by Gasteiger charge is -2.44. The molecule has 0 radical (unpaired) electrons. The lowest BCUT2D eigenvalue weighted by Crippen LogP contribution is -2.53. The van der Waals surface area contributed by atoms with Gasteiger partial charge in [0.05, 0.1) is 24.3 Å². The van der Waals surface area contributed by atoms with Crippen molar-refractivity contribution in [2.24, 2.45) is 0 Å². The van der Waals surface area contributed by atoms with Crippen LogP contribution in [0.25, 0.3) is 11.2 Å². The molecule has 0 bridgehead atoms. The Morgan fingerprint density at radius 3 is 2.06 bits per heavy atom. The number of aromatic nitrogens is 4. The van der Waals surface area contributed by atoms with Crippen LogP contribution < -0.4 is 5.73 Å². The molecule has 0 aromatic carbocycles. The van der Waals surface area contributed by atoms with Gasteiger partial charge in [0, 0.05) is 0 Å². The fourth-order valence-electron chi connectivity index (χ4n) is 3.48. The molecule has 0 spiro atoms. The van der Waals surface area contributed by atoms with Crippen LogP contribution in [0.2, 0.25) is 41.5 Å². The second kappa shape index (κ2) is 9.31. The predicted molar refractivity (Wildman–Crippen MR) is 146 cm³/mol. The van der Waals surface area contributed by atoms with Crippen molar-refractivity contribution in [3.8, 4) is 0 Å². The summed E-state index contributed by atoms with van der Waals surface area (Å²) in [4.78, 5) is 12.9. The van der Waals surface area contributed by atoms with Crippen molar-refractivity contribution in [3.63, 3.8) is 0 Å². The van der Waals surface area contributed by atoms with Gasteiger partial charge in [-0.3, -0.25) is 4.57 Å². The number of thioether (sulfide) groups is 1. The molecule has 192 valence electrons. The van der Waals surface area contributed by atoms with Crippen molar-refractivity contribution in [2.75, 3.05) is 12.3 Å². The maximum atomic E-state index is 10.4. The third-order valence-corrected chi connectivity index (χ3v) is 18.3. The molecular weight excluding hydrogens is 506 g/mol. The molecule has 0 amide bonds. The van der Waals surface area contributed by atoms with Crippen LogP contribution in [0.4, 0.5) is 5.82 Å². The lowest BCUT2D eigenvalue weighted by atomic mass is 10.1. The van der Waals surface area contributed by atoms with Crippen LogP contribution in [0.15, 0.2) is 6.33 Å². The average molecular weight is 546 g/mol. The monoisotopic (exact) mass is 545 g/mol. The molecule has 0 saturated carbocycles. The van der Waals surface area contributed by atoms with Crippen molar-refractivity contribution in [1.29, 1.82) is 0 Å². The summed E-state index contributed by atoms with van der Waals surface area (Å²) < 4.78 is 16.0. The van der Waals surface area contributed by atoms with Gasteiger partial charge in [-0.25, -0.2) is 4.98 Å². The van der Waals surface area contributed by atoms with E-state index in [1.807, 2.05) is 4.57 Å². The van der Waals surface area contributed by atoms with E-state index in [9.17, 15) is 5.11 Å². The standard InChI is InChI=1S/C22H40ClN5O3SSi2/c1-21(2,3)33(7,8)30-15-13(11-29)32-19(16(15)31-34(9,10)22(4,5)6)28-12-25-14-17(24)26-20(23)27-18(14)28/h12-13,15-16,19,29H,11H2,1-10H3,(H2,24,26,27)/t13-,15-,16-,19-/m1/s1. The number of aliphatic hydroxyl groups is 1. The Morgan fingerprint density at radius 1 is 1.03 bits per heavy atom. The summed E-state index contributed by atoms with van der Waals surface area (Å²) >= 11 is 7.79. The van der Waals surface area contributed by atoms with Crippen LogP contribution >= 0.6 is 23.4 Å². The number of hydrogen-bond donors (Lipinski definition) is 2. The molecule has 1 aliphatic heterocycles. The first-order valence-electron chi connectivity index (χ1n) is 11.7. The molecule has 8 nitrogen and oxygen atoms in total. The number of rotatable bonds is 6. The average Bonchev–Trinajstić information content (AvgIpc) is 3.21. The SMILES string of the molecule is CC(C)(C)[Si](C)(C)O[C@@H]1[C@H](O[Si](C)(C)C(C)(C)C)[C@@H](CO)S[C@H]1n1cnc2c(N)nc(Cl)nc21. The van der Waals surface area contributed by atoms with Crippen molar-refractivity contribution < 1.29 is 14.0 Å². The number of aliphatic hydroxyl groups excluding tert-OH is 1. The Hall–Kier alpha value is -0.696. The van der Waals surface area contributed by atoms with Crippen LogP contribution in [0.3, 0.4) is 0 Å². The van der Waals surface area contributed by atoms with Gasteiger partial charge >= 0.3 is 0 Å². The van der Waals surface area contributed by atoms with E-state index in [1.54, 1.807) is 18.1 Å². The zero-order chi connectivity index (χ0) is 25.9. The predicted octanol–water partition coefficient (Wildman–Crippen LogP) is 5.45. The molecule has 4 atom stereocenters. The maximum Gasteiger partial charge on any atom is 0.226 e. The second-order valence-electron chi connectivity index (χ2n) is 12.1. The van der Waals surface area contributed by atoms with E-state index in [0.29, 0.717) is 11.2 Å². The Bertz CT molecular complexity index is 1040. The maximum absolute atomic E-state index is 10.4. The van der Waals surface area contributed by atoms with Crippen LogP contribution in [-0.2, 0) is 8.85 Å². The first-order chi connectivity index (χ1) is 15.4. The summed E-state index contributed by atoms with van der Waals surface area (Å²) in [6, 6.07) is 0. The van der Waals surface area contributed by atoms with E-state index >= 15 is 0 Å². The topological polar surface area (TPSA) is 108 Å². The van der Waals surface area contributed by atoms with Gasteiger partial charge in [-0.1, -0.05) is 41.5 Å². The molecule has 2 aromatic heterocycles. The minimum atomic E-state index is -2.20. The molecule has 3 N–H and O–H groups in total. The Balaban J connectivity index is 2.13. The number of nitrogens with zero attached hydrogens (tertiary/aromatic N) is 4. The van der Waals surface area contributed by atoms with E-state index in [2.05, 4.69) is 82.7 Å². The molecular formula is C22H40ClN5O3SSi2. The van der Waals surface area contributed by atoms with Gasteiger partial charge in [0.15, 0.2) is 28.1 Å². The summed E-state index contributed by atoms with van der Waals surface area (Å²) in [6.45, 7) is 22.3. The molecule has 1 aliphatic rings. The number of nitrogen functional groups attached to an aromatic ring is 1. The van der Waals surface area contributed by atoms with E-state index in [4.69, 9.17) is 26.2 Å². The van der Waals surface area contributed by atoms with Crippen LogP contribution in [0, 0.1) is 0 Å². The lowest BCUT2D eigenvalue weighted by molar-refractivity contribution is 0.0260. The van der Waals surface area contributed by atoms with E-state index < -0.39 is 16.6 Å². The fraction of sp³-hybridized carbons (Fsp3) is 0.773. The minimum absolute atomic E-state index is 0.00789. The Labute approximate surface area is 214 Å². The highest BCUT2D eigenvalue weighted by atomic mass is 35.5. The number of imidazole rings is 1. The smallest absolute Gasteiger partial charge is 0.226 e. The molecule has 3 heterocycles. The third-order valence-electron chi connectivity index (χ3n) is 7.63. The highest BCUT2D eigenvalue weighted by Gasteiger charge is 2.54. The summed E-state index contributed by atoms with van der Waals surface area (Å²) in [5.41, 5.74) is 7.14. The summed E-state index contributed by atoms with van der Waals surface area (Å²) in [7, 11) is -4.35. The number of hydrogen-bond acceptors (Lipinski definition) is 8. The quantitative estimate of drug-likeness (QED) is 0.364. The van der Waals surface area contributed by atoms with E-state index in [1.165, 1.54) is 0 Å². The molecule has 0 aliphatic carbocycles. The first kappa shape index (κ1) is 27.9. The molecule has 1 fully saturated rings. The van der Waals surface area contributed by atoms with E-state index in [0.717, 1.165) is 0 Å². The summed E-state index contributed by atoms with van der Waals surface area (Å²) in [6.07, 6.45) is 1.14. The van der Waals surface area contributed by atoms with E-state index in [-0.39, 0.29) is 50.6 Å². The van der Waals surface area contributed by atoms with Gasteiger partial charge < -0.3 is 19.7 Å². The van der Waals surface area contributed by atoms with Gasteiger partial charge in [-0.2, -0.15) is 9.97 Å². The van der Waals surface area contributed by atoms with Gasteiger partial charge in [0.1, 0.15) is 17.0 Å². The third kappa shape index (κ3) is 5.21. The molecule has 3 rings (SSSR count). The van der Waals surface area contributed by atoms with Crippen LogP contribution in [-0.4, -0.2) is 65.3 Å². The highest BCUT2D eigenvalue weighted by molar-refractivity contribution is 8.00. The number of anilines is 1. The van der Waals surface area contributed by atoms with Crippen molar-refractivity contribution in [3.05, 3.63) is 11.6 Å². The molecule has 34 heavy (non-hydrogen) atoms. The molecule has 12 heteroatoms. The number of fused-ring (bicyclic) bond motifs is 1. The molecule has 0 unspecified atom stereocenters. The largest absolute Gasteiger partial charge is 0.410 e. The van der Waals surface area contributed by atoms with Crippen molar-refractivity contribution in [2.45, 2.75) is 101 Å². The Kier molecular flexibility index (Phi) is 7.64. The van der Waals surface area contributed by atoms with Gasteiger partial charge in [-0.15, -0.1) is 11.8 Å². The highest BCUT2D eigenvalue weighted by Crippen LogP contribution is 2.51. The van der Waals surface area contributed by atoms with Gasteiger partial charge in [0.2, 0.25) is 5.28 Å². The fourth-order valence-corrected chi connectivity index (χ4v) is 7.94. The van der Waals surface area contributed by atoms with Crippen molar-refractivity contribution in [1.82, 2.24) is 19.5 Å². The van der Waals surface area contributed by atoms with Crippen LogP contribution in [0.5, 0.6) is 0 Å². The van der Waals surface area contributed by atoms with Crippen LogP contribution in [0.1, 0.15) is 46.9 Å². The normalized spacial score (nSPS) is 24.8. The summed E-state index contributed by atoms with van der Waals surface area (Å²) in [5, 5.41) is 10.1. The number of halogens is 1. The molecule has 2 aromatic rings. The first-order valence-corrected chi connectivity index (χ1v) is 18.8. The zero-order valence-corrected chi connectivity index (χ0v) is 25.6.